The topological polar surface area (TPSA) is 26.3 Å². The van der Waals surface area contributed by atoms with E-state index in [1.54, 1.807) is 12.5 Å². The molecule has 8 heteroatoms. The van der Waals surface area contributed by atoms with Crippen molar-refractivity contribution in [3.8, 4) is 0 Å². The second-order valence-electron chi connectivity index (χ2n) is 3.91. The lowest BCUT2D eigenvalue weighted by atomic mass is 10.5. The Bertz CT molecular complexity index is 590. The van der Waals surface area contributed by atoms with Gasteiger partial charge in [0.1, 0.15) is 11.5 Å². The molecule has 118 valence electrons. The van der Waals surface area contributed by atoms with Crippen molar-refractivity contribution >= 4 is 69.9 Å². The summed E-state index contributed by atoms with van der Waals surface area (Å²) in [6.07, 6.45) is 3.20. The molecular weight excluding hydrogens is 406 g/mol. The average molecular weight is 416 g/mol. The van der Waals surface area contributed by atoms with Crippen molar-refractivity contribution in [1.29, 1.82) is 0 Å². The van der Waals surface area contributed by atoms with Gasteiger partial charge in [0.15, 0.2) is 0 Å². The monoisotopic (exact) mass is 414 g/mol. The van der Waals surface area contributed by atoms with Crippen molar-refractivity contribution in [3.63, 3.8) is 0 Å². The van der Waals surface area contributed by atoms with E-state index in [0.717, 1.165) is 11.5 Å². The average Bonchev–Trinajstić information content (AvgIpc) is 3.21. The molecule has 2 heterocycles. The van der Waals surface area contributed by atoms with Crippen LogP contribution in [0, 0.1) is 0 Å². The Morgan fingerprint density at radius 3 is 1.50 bits per heavy atom. The van der Waals surface area contributed by atoms with E-state index in [2.05, 4.69) is 0 Å². The molecule has 0 N–H and O–H groups in total. The molecular formula is C14H10Cl4O2S2. The third-order valence-electron chi connectivity index (χ3n) is 2.38. The van der Waals surface area contributed by atoms with Crippen LogP contribution in [0.4, 0.5) is 0 Å². The molecule has 0 spiro atoms. The number of rotatable bonds is 7. The first-order valence-electron chi connectivity index (χ1n) is 5.99. The van der Waals surface area contributed by atoms with Gasteiger partial charge in [-0.15, -0.1) is 23.5 Å². The molecule has 0 bridgehead atoms. The minimum absolute atomic E-state index is 0.219. The van der Waals surface area contributed by atoms with E-state index in [0.29, 0.717) is 20.2 Å². The van der Waals surface area contributed by atoms with E-state index in [-0.39, 0.29) is 10.1 Å². The molecule has 2 aromatic rings. The van der Waals surface area contributed by atoms with Gasteiger partial charge < -0.3 is 8.83 Å². The van der Waals surface area contributed by atoms with Gasteiger partial charge in [0, 0.05) is 0 Å². The number of hydrogen-bond acceptors (Lipinski definition) is 4. The standard InChI is InChI=1S/C14H10Cl4O2S2/c15-11(13(17)21-7-9-3-1-5-19-9)12(16)14(18)22-8-10-4-2-6-20-10/h1-6H,7-8H2/b13-11+,14-12+. The highest BCUT2D eigenvalue weighted by Crippen LogP contribution is 2.40. The van der Waals surface area contributed by atoms with Gasteiger partial charge in [0.05, 0.1) is 42.8 Å². The van der Waals surface area contributed by atoms with Crippen LogP contribution < -0.4 is 0 Å². The molecule has 2 nitrogen and oxygen atoms in total. The lowest BCUT2D eigenvalue weighted by Crippen LogP contribution is -1.82. The number of thioether (sulfide) groups is 2. The largest absolute Gasteiger partial charge is 0.468 e. The van der Waals surface area contributed by atoms with E-state index in [1.807, 2.05) is 24.3 Å². The van der Waals surface area contributed by atoms with Crippen LogP contribution in [0.15, 0.2) is 64.4 Å². The second kappa shape index (κ2) is 9.26. The Hall–Kier alpha value is -0.100. The summed E-state index contributed by atoms with van der Waals surface area (Å²) in [4.78, 5) is 0. The molecule has 0 saturated carbocycles. The van der Waals surface area contributed by atoms with Gasteiger partial charge in [0.2, 0.25) is 0 Å². The molecule has 0 amide bonds. The first-order valence-corrected chi connectivity index (χ1v) is 9.47. The van der Waals surface area contributed by atoms with E-state index in [9.17, 15) is 0 Å². The fourth-order valence-electron chi connectivity index (χ4n) is 1.36. The van der Waals surface area contributed by atoms with Crippen molar-refractivity contribution in [1.82, 2.24) is 0 Å². The zero-order chi connectivity index (χ0) is 15.9. The molecule has 0 saturated heterocycles. The van der Waals surface area contributed by atoms with Gasteiger partial charge >= 0.3 is 0 Å². The zero-order valence-electron chi connectivity index (χ0n) is 11.0. The van der Waals surface area contributed by atoms with Gasteiger partial charge in [-0.05, 0) is 24.3 Å². The molecule has 0 unspecified atom stereocenters. The predicted octanol–water partition coefficient (Wildman–Crippen LogP) is 7.33. The lowest BCUT2D eigenvalue weighted by molar-refractivity contribution is 0.530. The first-order chi connectivity index (χ1) is 10.6. The molecule has 0 fully saturated rings. The molecule has 0 aliphatic heterocycles. The third kappa shape index (κ3) is 5.52. The zero-order valence-corrected chi connectivity index (χ0v) is 15.7. The van der Waals surface area contributed by atoms with Crippen LogP contribution in [0.2, 0.25) is 0 Å². The summed E-state index contributed by atoms with van der Waals surface area (Å²) in [5, 5.41) is 0.439. The van der Waals surface area contributed by atoms with Crippen molar-refractivity contribution in [2.75, 3.05) is 0 Å². The summed E-state index contributed by atoms with van der Waals surface area (Å²) in [7, 11) is 0. The maximum absolute atomic E-state index is 6.16. The van der Waals surface area contributed by atoms with E-state index >= 15 is 0 Å². The summed E-state index contributed by atoms with van der Waals surface area (Å²) in [5.74, 6) is 2.71. The number of halogens is 4. The number of allylic oxidation sites excluding steroid dienone is 2. The van der Waals surface area contributed by atoms with E-state index in [1.165, 1.54) is 23.5 Å². The van der Waals surface area contributed by atoms with Crippen LogP contribution >= 0.6 is 69.9 Å². The van der Waals surface area contributed by atoms with E-state index < -0.39 is 0 Å². The van der Waals surface area contributed by atoms with Crippen molar-refractivity contribution in [3.05, 3.63) is 67.1 Å². The maximum atomic E-state index is 6.16. The molecule has 2 rings (SSSR count). The molecule has 0 radical (unpaired) electrons. The lowest BCUT2D eigenvalue weighted by Gasteiger charge is -2.05. The molecule has 0 aromatic carbocycles. The van der Waals surface area contributed by atoms with Crippen molar-refractivity contribution in [2.24, 2.45) is 0 Å². The van der Waals surface area contributed by atoms with Crippen LogP contribution in [-0.2, 0) is 11.5 Å². The SMILES string of the molecule is Cl/C(SCc1ccco1)=C(Cl)/C(Cl)=C(/Cl)SCc1ccco1. The Labute approximate surface area is 156 Å². The van der Waals surface area contributed by atoms with Gasteiger partial charge in [-0.25, -0.2) is 0 Å². The fraction of sp³-hybridized carbons (Fsp3) is 0.143. The first kappa shape index (κ1) is 18.2. The van der Waals surface area contributed by atoms with Crippen molar-refractivity contribution in [2.45, 2.75) is 11.5 Å². The smallest absolute Gasteiger partial charge is 0.114 e. The van der Waals surface area contributed by atoms with E-state index in [4.69, 9.17) is 55.2 Å². The predicted molar refractivity (Wildman–Crippen MR) is 97.5 cm³/mol. The number of hydrogen-bond donors (Lipinski definition) is 0. The summed E-state index contributed by atoms with van der Waals surface area (Å²) >= 11 is 27.3. The highest BCUT2D eigenvalue weighted by molar-refractivity contribution is 8.04. The third-order valence-corrected chi connectivity index (χ3v) is 6.46. The van der Waals surface area contributed by atoms with Crippen LogP contribution in [-0.4, -0.2) is 0 Å². The molecule has 22 heavy (non-hydrogen) atoms. The van der Waals surface area contributed by atoms with Crippen molar-refractivity contribution < 1.29 is 8.83 Å². The minimum Gasteiger partial charge on any atom is -0.468 e. The summed E-state index contributed by atoms with van der Waals surface area (Å²) in [5.41, 5.74) is 0. The summed E-state index contributed by atoms with van der Waals surface area (Å²) in [6, 6.07) is 7.33. The van der Waals surface area contributed by atoms with Gasteiger partial charge in [-0.3, -0.25) is 0 Å². The Kier molecular flexibility index (Phi) is 7.68. The molecule has 2 aromatic heterocycles. The highest BCUT2D eigenvalue weighted by Gasteiger charge is 2.13. The Morgan fingerprint density at radius 2 is 1.18 bits per heavy atom. The maximum Gasteiger partial charge on any atom is 0.114 e. The molecule has 0 aliphatic rings. The molecule has 0 atom stereocenters. The van der Waals surface area contributed by atoms with Gasteiger partial charge in [0.25, 0.3) is 0 Å². The highest BCUT2D eigenvalue weighted by atomic mass is 35.5. The number of furan rings is 2. The summed E-state index contributed by atoms with van der Waals surface area (Å²) < 4.78 is 11.2. The van der Waals surface area contributed by atoms with Crippen LogP contribution in [0.3, 0.4) is 0 Å². The fourth-order valence-corrected chi connectivity index (χ4v) is 3.92. The molecule has 0 aliphatic carbocycles. The quantitative estimate of drug-likeness (QED) is 0.442. The normalized spacial score (nSPS) is 13.8. The van der Waals surface area contributed by atoms with Gasteiger partial charge in [-0.1, -0.05) is 46.4 Å². The summed E-state index contributed by atoms with van der Waals surface area (Å²) in [6.45, 7) is 0. The Morgan fingerprint density at radius 1 is 0.773 bits per heavy atom. The van der Waals surface area contributed by atoms with Gasteiger partial charge in [-0.2, -0.15) is 0 Å². The minimum atomic E-state index is 0.219. The van der Waals surface area contributed by atoms with Crippen LogP contribution in [0.5, 0.6) is 0 Å². The van der Waals surface area contributed by atoms with Crippen LogP contribution in [0.1, 0.15) is 11.5 Å². The van der Waals surface area contributed by atoms with Crippen LogP contribution in [0.25, 0.3) is 0 Å². The Balaban J connectivity index is 1.96. The second-order valence-corrected chi connectivity index (χ2v) is 7.84.